The maximum Gasteiger partial charge on any atom is 0.416 e. The van der Waals surface area contributed by atoms with E-state index in [1.165, 1.54) is 6.07 Å². The van der Waals surface area contributed by atoms with Gasteiger partial charge in [-0.1, -0.05) is 18.2 Å². The van der Waals surface area contributed by atoms with Crippen molar-refractivity contribution in [3.8, 4) is 0 Å². The third kappa shape index (κ3) is 4.99. The number of nitrogens with one attached hydrogen (secondary N) is 2. The van der Waals surface area contributed by atoms with Crippen molar-refractivity contribution in [2.75, 3.05) is 36.5 Å². The number of nitrogens with zero attached hydrogens (tertiary/aromatic N) is 1. The summed E-state index contributed by atoms with van der Waals surface area (Å²) in [6, 6.07) is 11.8. The fraction of sp³-hybridized carbons (Fsp3) is 0.263. The molecule has 0 unspecified atom stereocenters. The van der Waals surface area contributed by atoms with Crippen LogP contribution >= 0.6 is 12.2 Å². The molecule has 28 heavy (non-hydrogen) atoms. The van der Waals surface area contributed by atoms with Gasteiger partial charge in [-0.2, -0.15) is 13.2 Å². The Balaban J connectivity index is 1.81. The van der Waals surface area contributed by atoms with Crippen LogP contribution < -0.4 is 15.5 Å². The van der Waals surface area contributed by atoms with E-state index in [1.54, 1.807) is 30.3 Å². The van der Waals surface area contributed by atoms with Gasteiger partial charge in [-0.25, -0.2) is 0 Å². The molecule has 2 aromatic rings. The van der Waals surface area contributed by atoms with Crippen molar-refractivity contribution in [3.05, 3.63) is 59.7 Å². The first kappa shape index (κ1) is 20.1. The summed E-state index contributed by atoms with van der Waals surface area (Å²) >= 11 is 5.14. The quantitative estimate of drug-likeness (QED) is 0.758. The zero-order valence-electron chi connectivity index (χ0n) is 14.8. The molecule has 1 amide bonds. The molecule has 9 heteroatoms. The molecule has 0 bridgehead atoms. The first-order valence-electron chi connectivity index (χ1n) is 8.56. The van der Waals surface area contributed by atoms with Crippen LogP contribution in [0.5, 0.6) is 0 Å². The van der Waals surface area contributed by atoms with Gasteiger partial charge in [0.05, 0.1) is 30.2 Å². The zero-order chi connectivity index (χ0) is 20.1. The minimum atomic E-state index is -4.49. The van der Waals surface area contributed by atoms with E-state index in [0.717, 1.165) is 12.1 Å². The molecule has 0 atom stereocenters. The number of anilines is 2. The van der Waals surface area contributed by atoms with E-state index in [-0.39, 0.29) is 10.8 Å². The normalized spacial score (nSPS) is 14.5. The highest BCUT2D eigenvalue weighted by molar-refractivity contribution is 7.80. The van der Waals surface area contributed by atoms with E-state index in [9.17, 15) is 18.0 Å². The molecule has 1 fully saturated rings. The minimum absolute atomic E-state index is 0.0808. The van der Waals surface area contributed by atoms with Crippen LogP contribution in [0.3, 0.4) is 0 Å². The summed E-state index contributed by atoms with van der Waals surface area (Å²) in [5, 5.41) is 5.15. The Hall–Kier alpha value is -2.65. The van der Waals surface area contributed by atoms with Crippen LogP contribution in [0.2, 0.25) is 0 Å². The first-order chi connectivity index (χ1) is 13.3. The second-order valence-electron chi connectivity index (χ2n) is 6.10. The van der Waals surface area contributed by atoms with E-state index in [2.05, 4.69) is 10.6 Å². The van der Waals surface area contributed by atoms with Crippen molar-refractivity contribution >= 4 is 34.6 Å². The molecule has 0 aromatic heterocycles. The highest BCUT2D eigenvalue weighted by Gasteiger charge is 2.31. The van der Waals surface area contributed by atoms with Gasteiger partial charge < -0.3 is 15.0 Å². The molecule has 148 valence electrons. The lowest BCUT2D eigenvalue weighted by molar-refractivity contribution is -0.137. The van der Waals surface area contributed by atoms with Gasteiger partial charge in [0.2, 0.25) is 0 Å². The summed E-state index contributed by atoms with van der Waals surface area (Å²) in [6.45, 7) is 2.05. The van der Waals surface area contributed by atoms with E-state index in [0.29, 0.717) is 37.6 Å². The Morgan fingerprint density at radius 3 is 2.39 bits per heavy atom. The highest BCUT2D eigenvalue weighted by Crippen LogP contribution is 2.35. The molecule has 3 rings (SSSR count). The molecule has 1 aliphatic rings. The number of halogens is 3. The highest BCUT2D eigenvalue weighted by atomic mass is 32.1. The number of hydrogen-bond acceptors (Lipinski definition) is 4. The number of carbonyl (C=O) groups is 1. The molecule has 1 heterocycles. The number of rotatable bonds is 3. The van der Waals surface area contributed by atoms with Crippen LogP contribution in [-0.2, 0) is 10.9 Å². The largest absolute Gasteiger partial charge is 0.416 e. The van der Waals surface area contributed by atoms with Crippen LogP contribution in [0, 0.1) is 0 Å². The van der Waals surface area contributed by atoms with Crippen LogP contribution in [0.25, 0.3) is 0 Å². The summed E-state index contributed by atoms with van der Waals surface area (Å²) in [6.07, 6.45) is -4.49. The number of carbonyl (C=O) groups excluding carboxylic acids is 1. The standard InChI is InChI=1S/C19H18F3N3O2S/c20-19(21,22)14-6-7-16(25-8-10-27-11-9-25)15(12-14)23-18(28)24-17(26)13-4-2-1-3-5-13/h1-7,12H,8-11H2,(H2,23,24,26,28). The van der Waals surface area contributed by atoms with Crippen molar-refractivity contribution in [1.29, 1.82) is 0 Å². The van der Waals surface area contributed by atoms with Crippen LogP contribution in [0.1, 0.15) is 15.9 Å². The number of hydrogen-bond donors (Lipinski definition) is 2. The van der Waals surface area contributed by atoms with Crippen molar-refractivity contribution in [2.24, 2.45) is 0 Å². The lowest BCUT2D eigenvalue weighted by Crippen LogP contribution is -2.38. The maximum absolute atomic E-state index is 13.1. The number of amides is 1. The van der Waals surface area contributed by atoms with E-state index >= 15 is 0 Å². The molecule has 0 radical (unpaired) electrons. The van der Waals surface area contributed by atoms with Crippen molar-refractivity contribution in [3.63, 3.8) is 0 Å². The van der Waals surface area contributed by atoms with E-state index in [1.807, 2.05) is 4.90 Å². The summed E-state index contributed by atoms with van der Waals surface area (Å²) in [5.41, 5.74) is 0.330. The van der Waals surface area contributed by atoms with Gasteiger partial charge in [-0.05, 0) is 42.5 Å². The van der Waals surface area contributed by atoms with Gasteiger partial charge in [0, 0.05) is 18.7 Å². The monoisotopic (exact) mass is 409 g/mol. The lowest BCUT2D eigenvalue weighted by atomic mass is 10.1. The van der Waals surface area contributed by atoms with Gasteiger partial charge in [0.15, 0.2) is 5.11 Å². The number of ether oxygens (including phenoxy) is 1. The molecular formula is C19H18F3N3O2S. The summed E-state index contributed by atoms with van der Waals surface area (Å²) in [5.74, 6) is -0.446. The summed E-state index contributed by atoms with van der Waals surface area (Å²) in [7, 11) is 0. The fourth-order valence-electron chi connectivity index (χ4n) is 2.81. The molecule has 2 N–H and O–H groups in total. The van der Waals surface area contributed by atoms with Gasteiger partial charge in [0.1, 0.15) is 0 Å². The number of alkyl halides is 3. The Kier molecular flexibility index (Phi) is 6.15. The molecule has 2 aromatic carbocycles. The summed E-state index contributed by atoms with van der Waals surface area (Å²) in [4.78, 5) is 14.1. The molecule has 0 saturated carbocycles. The van der Waals surface area contributed by atoms with E-state index in [4.69, 9.17) is 17.0 Å². The topological polar surface area (TPSA) is 53.6 Å². The second-order valence-corrected chi connectivity index (χ2v) is 6.51. The van der Waals surface area contributed by atoms with Crippen LogP contribution in [-0.4, -0.2) is 37.3 Å². The Morgan fingerprint density at radius 2 is 1.75 bits per heavy atom. The smallest absolute Gasteiger partial charge is 0.378 e. The van der Waals surface area contributed by atoms with Crippen molar-refractivity contribution in [2.45, 2.75) is 6.18 Å². The average Bonchev–Trinajstić information content (AvgIpc) is 2.68. The van der Waals surface area contributed by atoms with Gasteiger partial charge in [-0.3, -0.25) is 10.1 Å². The SMILES string of the molecule is O=C(NC(=S)Nc1cc(C(F)(F)F)ccc1N1CCOCC1)c1ccccc1. The first-order valence-corrected chi connectivity index (χ1v) is 8.97. The lowest BCUT2D eigenvalue weighted by Gasteiger charge is -2.31. The van der Waals surface area contributed by atoms with Crippen molar-refractivity contribution in [1.82, 2.24) is 5.32 Å². The minimum Gasteiger partial charge on any atom is -0.378 e. The Bertz CT molecular complexity index is 853. The molecule has 5 nitrogen and oxygen atoms in total. The van der Waals surface area contributed by atoms with Gasteiger partial charge in [-0.15, -0.1) is 0 Å². The number of thiocarbonyl (C=S) groups is 1. The molecule has 0 aliphatic carbocycles. The predicted molar refractivity (Wildman–Crippen MR) is 105 cm³/mol. The molecular weight excluding hydrogens is 391 g/mol. The maximum atomic E-state index is 13.1. The molecule has 1 saturated heterocycles. The number of morpholine rings is 1. The zero-order valence-corrected chi connectivity index (χ0v) is 15.6. The Labute approximate surface area is 165 Å². The van der Waals surface area contributed by atoms with Crippen LogP contribution in [0.15, 0.2) is 48.5 Å². The van der Waals surface area contributed by atoms with Crippen molar-refractivity contribution < 1.29 is 22.7 Å². The van der Waals surface area contributed by atoms with E-state index < -0.39 is 17.6 Å². The third-order valence-electron chi connectivity index (χ3n) is 4.19. The number of benzene rings is 2. The fourth-order valence-corrected chi connectivity index (χ4v) is 3.01. The van der Waals surface area contributed by atoms with Gasteiger partial charge in [0.25, 0.3) is 5.91 Å². The summed E-state index contributed by atoms with van der Waals surface area (Å²) < 4.78 is 44.7. The average molecular weight is 409 g/mol. The molecule has 0 spiro atoms. The van der Waals surface area contributed by atoms with Gasteiger partial charge >= 0.3 is 6.18 Å². The predicted octanol–water partition coefficient (Wildman–Crippen LogP) is 3.67. The molecule has 1 aliphatic heterocycles. The van der Waals surface area contributed by atoms with Crippen LogP contribution in [0.4, 0.5) is 24.5 Å². The second kappa shape index (κ2) is 8.57. The Morgan fingerprint density at radius 1 is 1.07 bits per heavy atom. The third-order valence-corrected chi connectivity index (χ3v) is 4.39.